The SMILES string of the molecule is C=C(C)C(=C)C(=C)C(=C)C(=C)C(=C)C(=C)N. The molecule has 0 aromatic rings. The Hall–Kier alpha value is -2.02. The third-order valence-electron chi connectivity index (χ3n) is 2.36. The fourth-order valence-electron chi connectivity index (χ4n) is 0.998. The normalized spacial score (nSPS) is 9.06. The molecule has 84 valence electrons. The van der Waals surface area contributed by atoms with Gasteiger partial charge in [-0.3, -0.25) is 0 Å². The number of rotatable bonds is 6. The van der Waals surface area contributed by atoms with E-state index in [1.165, 1.54) is 0 Å². The first kappa shape index (κ1) is 14.0. The van der Waals surface area contributed by atoms with Crippen LogP contribution in [-0.4, -0.2) is 0 Å². The molecule has 0 aliphatic rings. The van der Waals surface area contributed by atoms with Crippen molar-refractivity contribution in [2.45, 2.75) is 6.92 Å². The van der Waals surface area contributed by atoms with Gasteiger partial charge in [0, 0.05) is 5.70 Å². The molecule has 0 heterocycles. The summed E-state index contributed by atoms with van der Waals surface area (Å²) in [5.74, 6) is 0. The molecule has 0 saturated heterocycles. The third-order valence-corrected chi connectivity index (χ3v) is 2.36. The van der Waals surface area contributed by atoms with Crippen LogP contribution in [0.3, 0.4) is 0 Å². The van der Waals surface area contributed by atoms with Gasteiger partial charge >= 0.3 is 0 Å². The highest BCUT2D eigenvalue weighted by molar-refractivity contribution is 5.63. The predicted molar refractivity (Wildman–Crippen MR) is 73.8 cm³/mol. The lowest BCUT2D eigenvalue weighted by Gasteiger charge is -2.16. The van der Waals surface area contributed by atoms with Gasteiger partial charge in [0.15, 0.2) is 0 Å². The minimum Gasteiger partial charge on any atom is -0.399 e. The van der Waals surface area contributed by atoms with Gasteiger partial charge in [0.05, 0.1) is 0 Å². The number of hydrogen-bond acceptors (Lipinski definition) is 1. The van der Waals surface area contributed by atoms with Crippen LogP contribution < -0.4 is 5.73 Å². The maximum Gasteiger partial charge on any atom is 0.0314 e. The van der Waals surface area contributed by atoms with E-state index < -0.39 is 0 Å². The van der Waals surface area contributed by atoms with Crippen LogP contribution in [0.1, 0.15) is 6.92 Å². The minimum absolute atomic E-state index is 0.375. The summed E-state index contributed by atoms with van der Waals surface area (Å²) in [6.07, 6.45) is 0. The number of nitrogens with two attached hydrogens (primary N) is 1. The average Bonchev–Trinajstić information content (AvgIpc) is 2.23. The van der Waals surface area contributed by atoms with Crippen molar-refractivity contribution in [2.24, 2.45) is 5.73 Å². The van der Waals surface area contributed by atoms with E-state index in [0.717, 1.165) is 11.1 Å². The van der Waals surface area contributed by atoms with Gasteiger partial charge in [-0.2, -0.15) is 0 Å². The molecule has 0 spiro atoms. The highest BCUT2D eigenvalue weighted by atomic mass is 14.6. The molecule has 0 rings (SSSR count). The van der Waals surface area contributed by atoms with Crippen LogP contribution in [0, 0.1) is 0 Å². The quantitative estimate of drug-likeness (QED) is 0.667. The van der Waals surface area contributed by atoms with E-state index >= 15 is 0 Å². The Morgan fingerprint density at radius 2 is 0.938 bits per heavy atom. The Bertz CT molecular complexity index is 390. The molecule has 0 bridgehead atoms. The number of hydrogen-bond donors (Lipinski definition) is 1. The molecule has 0 aromatic heterocycles. The second-order valence-corrected chi connectivity index (χ2v) is 3.70. The van der Waals surface area contributed by atoms with Crippen LogP contribution in [0.2, 0.25) is 0 Å². The first-order valence-corrected chi connectivity index (χ1v) is 4.76. The van der Waals surface area contributed by atoms with E-state index in [-0.39, 0.29) is 0 Å². The fourth-order valence-corrected chi connectivity index (χ4v) is 0.998. The predicted octanol–water partition coefficient (Wildman–Crippen LogP) is 3.82. The van der Waals surface area contributed by atoms with Crippen molar-refractivity contribution in [3.8, 4) is 0 Å². The maximum absolute atomic E-state index is 5.55. The molecule has 16 heavy (non-hydrogen) atoms. The van der Waals surface area contributed by atoms with E-state index in [2.05, 4.69) is 46.1 Å². The lowest BCUT2D eigenvalue weighted by atomic mass is 9.89. The van der Waals surface area contributed by atoms with Crippen molar-refractivity contribution < 1.29 is 0 Å². The van der Waals surface area contributed by atoms with E-state index in [1.54, 1.807) is 0 Å². The zero-order valence-electron chi connectivity index (χ0n) is 10.0. The first-order valence-electron chi connectivity index (χ1n) is 4.76. The van der Waals surface area contributed by atoms with Crippen molar-refractivity contribution >= 4 is 0 Å². The smallest absolute Gasteiger partial charge is 0.0314 e. The van der Waals surface area contributed by atoms with Gasteiger partial charge in [0.1, 0.15) is 0 Å². The minimum atomic E-state index is 0.375. The molecule has 0 aliphatic carbocycles. The summed E-state index contributed by atoms with van der Waals surface area (Å²) in [4.78, 5) is 0. The van der Waals surface area contributed by atoms with Crippen molar-refractivity contribution in [3.05, 3.63) is 85.2 Å². The fraction of sp³-hybridized carbons (Fsp3) is 0.0667. The van der Waals surface area contributed by atoms with Gasteiger partial charge in [-0.15, -0.1) is 0 Å². The number of allylic oxidation sites excluding steroid dienone is 5. The Balaban J connectivity index is 4.97. The largest absolute Gasteiger partial charge is 0.399 e. The Morgan fingerprint density at radius 3 is 1.25 bits per heavy atom. The molecule has 0 fully saturated rings. The van der Waals surface area contributed by atoms with Crippen molar-refractivity contribution in [3.63, 3.8) is 0 Å². The monoisotopic (exact) mass is 213 g/mol. The summed E-state index contributed by atoms with van der Waals surface area (Å²) in [5.41, 5.74) is 10.1. The second kappa shape index (κ2) is 5.17. The van der Waals surface area contributed by atoms with Crippen LogP contribution in [0.25, 0.3) is 0 Å². The molecule has 1 heteroatoms. The Morgan fingerprint density at radius 1 is 0.625 bits per heavy atom. The molecular weight excluding hydrogens is 194 g/mol. The summed E-state index contributed by atoms with van der Waals surface area (Å²) in [5, 5.41) is 0. The molecule has 1 nitrogen and oxygen atoms in total. The van der Waals surface area contributed by atoms with Crippen molar-refractivity contribution in [1.82, 2.24) is 0 Å². The van der Waals surface area contributed by atoms with Gasteiger partial charge in [-0.1, -0.05) is 51.6 Å². The van der Waals surface area contributed by atoms with Crippen molar-refractivity contribution in [2.75, 3.05) is 0 Å². The van der Waals surface area contributed by atoms with Crippen LogP contribution in [0.4, 0.5) is 0 Å². The molecule has 0 amide bonds. The zero-order valence-corrected chi connectivity index (χ0v) is 10.0. The molecule has 0 atom stereocenters. The molecule has 0 radical (unpaired) electrons. The van der Waals surface area contributed by atoms with Crippen LogP contribution >= 0.6 is 0 Å². The summed E-state index contributed by atoms with van der Waals surface area (Å²) in [7, 11) is 0. The lowest BCUT2D eigenvalue weighted by molar-refractivity contribution is 1.30. The Kier molecular flexibility index (Phi) is 4.52. The highest BCUT2D eigenvalue weighted by Gasteiger charge is 2.11. The second-order valence-electron chi connectivity index (χ2n) is 3.70. The Labute approximate surface area is 98.4 Å². The lowest BCUT2D eigenvalue weighted by Crippen LogP contribution is -2.03. The average molecular weight is 213 g/mol. The van der Waals surface area contributed by atoms with E-state index in [9.17, 15) is 0 Å². The van der Waals surface area contributed by atoms with E-state index in [4.69, 9.17) is 5.73 Å². The van der Waals surface area contributed by atoms with E-state index in [1.807, 2.05) is 6.92 Å². The molecule has 0 aliphatic heterocycles. The molecule has 0 saturated carbocycles. The standard InChI is InChI=1S/C15H19N/c1-9(2)10(3)11(4)12(5)13(6)14(7)15(8)16/h1,3-8,16H2,2H3. The van der Waals surface area contributed by atoms with Gasteiger partial charge in [0.2, 0.25) is 0 Å². The summed E-state index contributed by atoms with van der Waals surface area (Å²) < 4.78 is 0. The molecule has 0 unspecified atom stereocenters. The third kappa shape index (κ3) is 2.99. The molecule has 0 aromatic carbocycles. The van der Waals surface area contributed by atoms with Crippen LogP contribution in [-0.2, 0) is 0 Å². The van der Waals surface area contributed by atoms with Gasteiger partial charge in [-0.25, -0.2) is 0 Å². The first-order chi connectivity index (χ1) is 7.20. The van der Waals surface area contributed by atoms with Crippen LogP contribution in [0.5, 0.6) is 0 Å². The van der Waals surface area contributed by atoms with Gasteiger partial charge in [-0.05, 0) is 34.8 Å². The van der Waals surface area contributed by atoms with Gasteiger partial charge in [0.25, 0.3) is 0 Å². The molecular formula is C15H19N. The van der Waals surface area contributed by atoms with Gasteiger partial charge < -0.3 is 5.73 Å². The maximum atomic E-state index is 5.55. The van der Waals surface area contributed by atoms with Crippen LogP contribution in [0.15, 0.2) is 85.2 Å². The summed E-state index contributed by atoms with van der Waals surface area (Å²) >= 11 is 0. The summed E-state index contributed by atoms with van der Waals surface area (Å²) in [6.45, 7) is 28.6. The highest BCUT2D eigenvalue weighted by Crippen LogP contribution is 2.28. The summed E-state index contributed by atoms with van der Waals surface area (Å²) in [6, 6.07) is 0. The zero-order chi connectivity index (χ0) is 13.0. The molecule has 2 N–H and O–H groups in total. The van der Waals surface area contributed by atoms with E-state index in [0.29, 0.717) is 28.0 Å². The van der Waals surface area contributed by atoms with Crippen molar-refractivity contribution in [1.29, 1.82) is 0 Å². The topological polar surface area (TPSA) is 26.0 Å².